The summed E-state index contributed by atoms with van der Waals surface area (Å²) in [6, 6.07) is -0.958. The SMILES string of the molecule is CCCC(C)(NCCC(C)C)C(C)(CC)C(=O)[C@@H](N)CC(=O)O. The zero-order valence-corrected chi connectivity index (χ0v) is 15.7. The van der Waals surface area contributed by atoms with Crippen LogP contribution in [0.2, 0.25) is 0 Å². The second-order valence-electron chi connectivity index (χ2n) is 7.45. The van der Waals surface area contributed by atoms with Crippen molar-refractivity contribution in [3.63, 3.8) is 0 Å². The van der Waals surface area contributed by atoms with Crippen molar-refractivity contribution in [1.82, 2.24) is 5.32 Å². The third kappa shape index (κ3) is 5.88. The Morgan fingerprint density at radius 2 is 1.78 bits per heavy atom. The van der Waals surface area contributed by atoms with Gasteiger partial charge in [0, 0.05) is 11.0 Å². The van der Waals surface area contributed by atoms with E-state index in [1.807, 2.05) is 13.8 Å². The molecule has 0 heterocycles. The number of carboxylic acid groups (broad SMARTS) is 1. The van der Waals surface area contributed by atoms with Gasteiger partial charge in [-0.2, -0.15) is 0 Å². The lowest BCUT2D eigenvalue weighted by atomic mass is 9.63. The fourth-order valence-corrected chi connectivity index (χ4v) is 3.22. The fourth-order valence-electron chi connectivity index (χ4n) is 3.22. The summed E-state index contributed by atoms with van der Waals surface area (Å²) in [6.45, 7) is 13.3. The van der Waals surface area contributed by atoms with Crippen molar-refractivity contribution < 1.29 is 14.7 Å². The van der Waals surface area contributed by atoms with Gasteiger partial charge in [-0.1, -0.05) is 41.0 Å². The average molecular weight is 328 g/mol. The topological polar surface area (TPSA) is 92.4 Å². The molecule has 0 rings (SSSR count). The van der Waals surface area contributed by atoms with E-state index in [-0.39, 0.29) is 12.2 Å². The van der Waals surface area contributed by atoms with Crippen LogP contribution in [0.5, 0.6) is 0 Å². The highest BCUT2D eigenvalue weighted by Crippen LogP contribution is 2.40. The van der Waals surface area contributed by atoms with Crippen LogP contribution < -0.4 is 11.1 Å². The molecular formula is C18H36N2O3. The lowest BCUT2D eigenvalue weighted by Gasteiger charge is -2.47. The van der Waals surface area contributed by atoms with Gasteiger partial charge in [-0.25, -0.2) is 0 Å². The van der Waals surface area contributed by atoms with Gasteiger partial charge in [0.1, 0.15) is 0 Å². The van der Waals surface area contributed by atoms with Crippen LogP contribution in [-0.2, 0) is 9.59 Å². The molecule has 0 saturated carbocycles. The maximum Gasteiger partial charge on any atom is 0.305 e. The summed E-state index contributed by atoms with van der Waals surface area (Å²) in [7, 11) is 0. The molecule has 0 fully saturated rings. The molecule has 3 atom stereocenters. The van der Waals surface area contributed by atoms with E-state index in [0.29, 0.717) is 12.3 Å². The highest BCUT2D eigenvalue weighted by molar-refractivity contribution is 5.93. The number of carbonyl (C=O) groups is 2. The molecule has 2 unspecified atom stereocenters. The maximum atomic E-state index is 12.9. The van der Waals surface area contributed by atoms with E-state index in [4.69, 9.17) is 10.8 Å². The molecule has 136 valence electrons. The Morgan fingerprint density at radius 3 is 2.17 bits per heavy atom. The molecule has 4 N–H and O–H groups in total. The minimum Gasteiger partial charge on any atom is -0.481 e. The van der Waals surface area contributed by atoms with Crippen LogP contribution in [0.4, 0.5) is 0 Å². The molecule has 0 aliphatic carbocycles. The Labute approximate surface area is 141 Å². The number of carbonyl (C=O) groups excluding carboxylic acids is 1. The van der Waals surface area contributed by atoms with Gasteiger partial charge in [-0.05, 0) is 38.6 Å². The van der Waals surface area contributed by atoms with Gasteiger partial charge < -0.3 is 16.2 Å². The first kappa shape index (κ1) is 22.1. The average Bonchev–Trinajstić information content (AvgIpc) is 2.44. The molecule has 0 spiro atoms. The fraction of sp³-hybridized carbons (Fsp3) is 0.889. The summed E-state index contributed by atoms with van der Waals surface area (Å²) >= 11 is 0. The maximum absolute atomic E-state index is 12.9. The van der Waals surface area contributed by atoms with Crippen LogP contribution in [0.25, 0.3) is 0 Å². The quantitative estimate of drug-likeness (QED) is 0.512. The minimum atomic E-state index is -1.03. The van der Waals surface area contributed by atoms with Gasteiger partial charge in [-0.15, -0.1) is 0 Å². The van der Waals surface area contributed by atoms with Gasteiger partial charge in [0.05, 0.1) is 12.5 Å². The van der Waals surface area contributed by atoms with Gasteiger partial charge in [0.25, 0.3) is 0 Å². The molecular weight excluding hydrogens is 292 g/mol. The summed E-state index contributed by atoms with van der Waals surface area (Å²) < 4.78 is 0. The zero-order chi connectivity index (χ0) is 18.3. The zero-order valence-electron chi connectivity index (χ0n) is 15.7. The van der Waals surface area contributed by atoms with Crippen molar-refractivity contribution in [2.45, 2.75) is 85.2 Å². The summed E-state index contributed by atoms with van der Waals surface area (Å²) in [6.07, 6.45) is 3.14. The first-order chi connectivity index (χ1) is 10.5. The summed E-state index contributed by atoms with van der Waals surface area (Å²) in [5, 5.41) is 12.5. The Hall–Kier alpha value is -0.940. The van der Waals surface area contributed by atoms with E-state index >= 15 is 0 Å². The van der Waals surface area contributed by atoms with E-state index in [9.17, 15) is 9.59 Å². The Bertz CT molecular complexity index is 398. The third-order valence-corrected chi connectivity index (χ3v) is 5.19. The molecule has 0 aromatic heterocycles. The number of hydrogen-bond donors (Lipinski definition) is 3. The second-order valence-corrected chi connectivity index (χ2v) is 7.45. The highest BCUT2D eigenvalue weighted by atomic mass is 16.4. The number of nitrogens with one attached hydrogen (secondary N) is 1. The smallest absolute Gasteiger partial charge is 0.305 e. The molecule has 0 saturated heterocycles. The molecule has 0 radical (unpaired) electrons. The molecule has 5 nitrogen and oxygen atoms in total. The molecule has 0 aliphatic heterocycles. The van der Waals surface area contributed by atoms with Crippen molar-refractivity contribution in [3.8, 4) is 0 Å². The van der Waals surface area contributed by atoms with Gasteiger partial charge in [-0.3, -0.25) is 9.59 Å². The van der Waals surface area contributed by atoms with Crippen molar-refractivity contribution in [2.75, 3.05) is 6.54 Å². The number of nitrogens with two attached hydrogens (primary N) is 1. The number of Topliss-reactive ketones (excluding diaryl/α,β-unsaturated/α-hetero) is 1. The van der Waals surface area contributed by atoms with Gasteiger partial charge >= 0.3 is 5.97 Å². The normalized spacial score (nSPS) is 18.3. The van der Waals surface area contributed by atoms with E-state index < -0.39 is 23.0 Å². The number of aliphatic carboxylic acids is 1. The second kappa shape index (κ2) is 9.38. The molecule has 0 aromatic carbocycles. The summed E-state index contributed by atoms with van der Waals surface area (Å²) in [5.74, 6) is -0.601. The standard InChI is InChI=1S/C18H36N2O3/c1-7-10-18(6,20-11-9-13(3)4)17(5,8-2)16(23)14(19)12-15(21)22/h13-14,20H,7-12,19H2,1-6H3,(H,21,22)/t14-,17?,18?/m0/s1. The highest BCUT2D eigenvalue weighted by Gasteiger charge is 2.49. The molecule has 0 bridgehead atoms. The lowest BCUT2D eigenvalue weighted by molar-refractivity contribution is -0.142. The lowest BCUT2D eigenvalue weighted by Crippen LogP contribution is -2.61. The van der Waals surface area contributed by atoms with Crippen LogP contribution in [0.15, 0.2) is 0 Å². The predicted molar refractivity (Wildman–Crippen MR) is 94.4 cm³/mol. The molecule has 0 amide bonds. The molecule has 0 aliphatic rings. The van der Waals surface area contributed by atoms with Gasteiger partial charge in [0.2, 0.25) is 0 Å². The minimum absolute atomic E-state index is 0.157. The van der Waals surface area contributed by atoms with E-state index in [1.54, 1.807) is 0 Å². The van der Waals surface area contributed by atoms with Crippen molar-refractivity contribution in [1.29, 1.82) is 0 Å². The van der Waals surface area contributed by atoms with Crippen LogP contribution in [0.3, 0.4) is 0 Å². The first-order valence-electron chi connectivity index (χ1n) is 8.80. The largest absolute Gasteiger partial charge is 0.481 e. The van der Waals surface area contributed by atoms with Crippen molar-refractivity contribution in [2.24, 2.45) is 17.1 Å². The van der Waals surface area contributed by atoms with Crippen molar-refractivity contribution >= 4 is 11.8 Å². The Morgan fingerprint density at radius 1 is 1.22 bits per heavy atom. The predicted octanol–water partition coefficient (Wildman–Crippen LogP) is 2.97. The van der Waals surface area contributed by atoms with Crippen LogP contribution in [0.1, 0.15) is 73.6 Å². The summed E-state index contributed by atoms with van der Waals surface area (Å²) in [5.41, 5.74) is 4.82. The third-order valence-electron chi connectivity index (χ3n) is 5.19. The molecule has 23 heavy (non-hydrogen) atoms. The number of rotatable bonds is 12. The van der Waals surface area contributed by atoms with Crippen LogP contribution in [-0.4, -0.2) is 35.0 Å². The first-order valence-corrected chi connectivity index (χ1v) is 8.80. The van der Waals surface area contributed by atoms with E-state index in [2.05, 4.69) is 33.0 Å². The molecule has 5 heteroatoms. The summed E-state index contributed by atoms with van der Waals surface area (Å²) in [4.78, 5) is 23.8. The van der Waals surface area contributed by atoms with E-state index in [0.717, 1.165) is 25.8 Å². The van der Waals surface area contributed by atoms with Gasteiger partial charge in [0.15, 0.2) is 5.78 Å². The van der Waals surface area contributed by atoms with E-state index in [1.165, 1.54) is 0 Å². The van der Waals surface area contributed by atoms with Crippen molar-refractivity contribution in [3.05, 3.63) is 0 Å². The number of ketones is 1. The Kier molecular flexibility index (Phi) is 9.00. The monoisotopic (exact) mass is 328 g/mol. The number of hydrogen-bond acceptors (Lipinski definition) is 4. The molecule has 0 aromatic rings. The Balaban J connectivity index is 5.39. The van der Waals surface area contributed by atoms with Crippen LogP contribution >= 0.6 is 0 Å². The van der Waals surface area contributed by atoms with Crippen LogP contribution in [0, 0.1) is 11.3 Å². The number of carboxylic acids is 1.